The third-order valence-electron chi connectivity index (χ3n) is 2.98. The molecule has 0 bridgehead atoms. The summed E-state index contributed by atoms with van der Waals surface area (Å²) in [6, 6.07) is 1.37. The highest BCUT2D eigenvalue weighted by Gasteiger charge is 2.32. The summed E-state index contributed by atoms with van der Waals surface area (Å²) in [5, 5.41) is 18.2. The van der Waals surface area contributed by atoms with E-state index in [2.05, 4.69) is 15.7 Å². The summed E-state index contributed by atoms with van der Waals surface area (Å²) in [6.07, 6.45) is 4.59. The molecule has 19 heavy (non-hydrogen) atoms. The average Bonchev–Trinajstić information content (AvgIpc) is 2.87. The minimum absolute atomic E-state index is 0.322. The highest BCUT2D eigenvalue weighted by molar-refractivity contribution is 5.85. The number of carbonyl (C=O) groups excluding carboxylic acids is 1. The van der Waals surface area contributed by atoms with E-state index < -0.39 is 17.5 Å². The molecule has 0 aliphatic rings. The second-order valence-electron chi connectivity index (χ2n) is 4.49. The van der Waals surface area contributed by atoms with Gasteiger partial charge in [0.05, 0.1) is 0 Å². The van der Waals surface area contributed by atoms with Crippen LogP contribution in [0.2, 0.25) is 0 Å². The van der Waals surface area contributed by atoms with Crippen molar-refractivity contribution >= 4 is 12.0 Å². The van der Waals surface area contributed by atoms with Gasteiger partial charge in [-0.15, -0.1) is 0 Å². The van der Waals surface area contributed by atoms with Crippen LogP contribution in [-0.2, 0) is 11.3 Å². The first kappa shape index (κ1) is 15.0. The van der Waals surface area contributed by atoms with Gasteiger partial charge in [-0.2, -0.15) is 5.10 Å². The molecule has 1 heterocycles. The van der Waals surface area contributed by atoms with Gasteiger partial charge >= 0.3 is 12.0 Å². The summed E-state index contributed by atoms with van der Waals surface area (Å²) in [4.78, 5) is 22.6. The number of urea groups is 1. The second-order valence-corrected chi connectivity index (χ2v) is 4.49. The maximum Gasteiger partial charge on any atom is 0.329 e. The molecule has 1 aromatic heterocycles. The van der Waals surface area contributed by atoms with Crippen molar-refractivity contribution in [1.82, 2.24) is 20.4 Å². The molecule has 7 nitrogen and oxygen atoms in total. The first-order chi connectivity index (χ1) is 8.98. The molecule has 0 saturated heterocycles. The largest absolute Gasteiger partial charge is 0.480 e. The predicted octanol–water partition coefficient (Wildman–Crippen LogP) is 0.826. The van der Waals surface area contributed by atoms with Gasteiger partial charge in [-0.3, -0.25) is 4.68 Å². The number of carboxylic acid groups (broad SMARTS) is 1. The van der Waals surface area contributed by atoms with Gasteiger partial charge in [0.2, 0.25) is 0 Å². The number of hydrogen-bond acceptors (Lipinski definition) is 3. The van der Waals surface area contributed by atoms with Crippen molar-refractivity contribution in [3.8, 4) is 0 Å². The Morgan fingerprint density at radius 2 is 2.21 bits per heavy atom. The number of hydrogen-bond donors (Lipinski definition) is 3. The van der Waals surface area contributed by atoms with Crippen molar-refractivity contribution in [2.75, 3.05) is 6.54 Å². The Balaban J connectivity index is 2.26. The number of aromatic nitrogens is 2. The summed E-state index contributed by atoms with van der Waals surface area (Å²) in [5.41, 5.74) is -1.23. The van der Waals surface area contributed by atoms with Gasteiger partial charge in [-0.25, -0.2) is 9.59 Å². The van der Waals surface area contributed by atoms with E-state index in [4.69, 9.17) is 5.11 Å². The van der Waals surface area contributed by atoms with Gasteiger partial charge in [0.25, 0.3) is 0 Å². The van der Waals surface area contributed by atoms with Crippen LogP contribution in [-0.4, -0.2) is 39.0 Å². The lowest BCUT2D eigenvalue weighted by Gasteiger charge is -2.24. The number of aryl methyl sites for hydroxylation is 1. The number of nitrogens with one attached hydrogen (secondary N) is 2. The highest BCUT2D eigenvalue weighted by atomic mass is 16.4. The molecule has 0 aliphatic carbocycles. The minimum atomic E-state index is -1.23. The van der Waals surface area contributed by atoms with Crippen LogP contribution in [0.1, 0.15) is 26.7 Å². The lowest BCUT2D eigenvalue weighted by Crippen LogP contribution is -2.54. The van der Waals surface area contributed by atoms with Gasteiger partial charge in [0.15, 0.2) is 0 Å². The molecule has 1 aromatic rings. The fourth-order valence-corrected chi connectivity index (χ4v) is 1.46. The summed E-state index contributed by atoms with van der Waals surface area (Å²) < 4.78 is 1.77. The molecule has 3 N–H and O–H groups in total. The quantitative estimate of drug-likeness (QED) is 0.638. The first-order valence-corrected chi connectivity index (χ1v) is 6.25. The van der Waals surface area contributed by atoms with Crippen LogP contribution in [0.25, 0.3) is 0 Å². The SMILES string of the molecule is CCC(C)(NC(=O)NCCCn1cccn1)C(=O)O. The summed E-state index contributed by atoms with van der Waals surface area (Å²) >= 11 is 0. The third-order valence-corrected chi connectivity index (χ3v) is 2.98. The van der Waals surface area contributed by atoms with E-state index in [0.29, 0.717) is 19.5 Å². The fraction of sp³-hybridized carbons (Fsp3) is 0.583. The zero-order valence-corrected chi connectivity index (χ0v) is 11.2. The number of aliphatic carboxylic acids is 1. The van der Waals surface area contributed by atoms with Crippen molar-refractivity contribution in [1.29, 1.82) is 0 Å². The third kappa shape index (κ3) is 4.61. The molecule has 106 valence electrons. The van der Waals surface area contributed by atoms with E-state index in [0.717, 1.165) is 6.42 Å². The Morgan fingerprint density at radius 1 is 1.47 bits per heavy atom. The first-order valence-electron chi connectivity index (χ1n) is 6.25. The lowest BCUT2D eigenvalue weighted by atomic mass is 10.00. The smallest absolute Gasteiger partial charge is 0.329 e. The zero-order valence-electron chi connectivity index (χ0n) is 11.2. The topological polar surface area (TPSA) is 96.3 Å². The molecule has 2 amide bonds. The van der Waals surface area contributed by atoms with Gasteiger partial charge < -0.3 is 15.7 Å². The van der Waals surface area contributed by atoms with E-state index in [1.54, 1.807) is 17.8 Å². The van der Waals surface area contributed by atoms with Crippen LogP contribution in [0.3, 0.4) is 0 Å². The van der Waals surface area contributed by atoms with E-state index in [1.165, 1.54) is 6.92 Å². The van der Waals surface area contributed by atoms with Crippen LogP contribution < -0.4 is 10.6 Å². The molecule has 0 fully saturated rings. The maximum atomic E-state index is 11.6. The van der Waals surface area contributed by atoms with Gasteiger partial charge in [0, 0.05) is 25.5 Å². The standard InChI is InChI=1S/C12H20N4O3/c1-3-12(2,10(17)18)15-11(19)13-6-4-8-16-9-5-7-14-16/h5,7,9H,3-4,6,8H2,1-2H3,(H,17,18)(H2,13,15,19). The number of rotatable bonds is 7. The summed E-state index contributed by atoms with van der Waals surface area (Å²) in [5.74, 6) is -1.04. The fourth-order valence-electron chi connectivity index (χ4n) is 1.46. The molecule has 0 radical (unpaired) electrons. The predicted molar refractivity (Wildman–Crippen MR) is 69.7 cm³/mol. The monoisotopic (exact) mass is 268 g/mol. The Labute approximate surface area is 112 Å². The van der Waals surface area contributed by atoms with Crippen LogP contribution >= 0.6 is 0 Å². The zero-order chi connectivity index (χ0) is 14.3. The highest BCUT2D eigenvalue weighted by Crippen LogP contribution is 2.08. The van der Waals surface area contributed by atoms with Crippen molar-refractivity contribution in [3.05, 3.63) is 18.5 Å². The minimum Gasteiger partial charge on any atom is -0.480 e. The average molecular weight is 268 g/mol. The van der Waals surface area contributed by atoms with Crippen LogP contribution in [0.5, 0.6) is 0 Å². The molecule has 0 spiro atoms. The number of carbonyl (C=O) groups is 2. The lowest BCUT2D eigenvalue weighted by molar-refractivity contribution is -0.143. The Kier molecular flexibility index (Phi) is 5.35. The van der Waals surface area contributed by atoms with E-state index in [1.807, 2.05) is 12.3 Å². The van der Waals surface area contributed by atoms with E-state index in [-0.39, 0.29) is 0 Å². The van der Waals surface area contributed by atoms with Crippen LogP contribution in [0, 0.1) is 0 Å². The number of amides is 2. The summed E-state index contributed by atoms with van der Waals surface area (Å²) in [6.45, 7) is 4.37. The van der Waals surface area contributed by atoms with Crippen molar-refractivity contribution < 1.29 is 14.7 Å². The van der Waals surface area contributed by atoms with Crippen molar-refractivity contribution in [2.24, 2.45) is 0 Å². The van der Waals surface area contributed by atoms with Gasteiger partial charge in [-0.1, -0.05) is 6.92 Å². The molecule has 1 rings (SSSR count). The van der Waals surface area contributed by atoms with Gasteiger partial charge in [0.1, 0.15) is 5.54 Å². The van der Waals surface area contributed by atoms with Crippen molar-refractivity contribution in [3.63, 3.8) is 0 Å². The van der Waals surface area contributed by atoms with Crippen LogP contribution in [0.15, 0.2) is 18.5 Å². The molecule has 7 heteroatoms. The Hall–Kier alpha value is -2.05. The van der Waals surface area contributed by atoms with Crippen LogP contribution in [0.4, 0.5) is 4.79 Å². The van der Waals surface area contributed by atoms with Gasteiger partial charge in [-0.05, 0) is 25.8 Å². The second kappa shape index (κ2) is 6.77. The molecule has 1 unspecified atom stereocenters. The van der Waals surface area contributed by atoms with Crippen molar-refractivity contribution in [2.45, 2.75) is 38.8 Å². The van der Waals surface area contributed by atoms with E-state index >= 15 is 0 Å². The Bertz CT molecular complexity index is 419. The molecule has 0 aliphatic heterocycles. The number of nitrogens with zero attached hydrogens (tertiary/aromatic N) is 2. The normalized spacial score (nSPS) is 13.6. The Morgan fingerprint density at radius 3 is 2.74 bits per heavy atom. The number of carboxylic acids is 1. The summed E-state index contributed by atoms with van der Waals surface area (Å²) in [7, 11) is 0. The molecule has 0 aromatic carbocycles. The molecule has 1 atom stereocenters. The molecule has 0 saturated carbocycles. The maximum absolute atomic E-state index is 11.6. The molecular weight excluding hydrogens is 248 g/mol. The van der Waals surface area contributed by atoms with E-state index in [9.17, 15) is 9.59 Å². The molecular formula is C12H20N4O3.